The minimum atomic E-state index is -6.55. The van der Waals surface area contributed by atoms with Gasteiger partial charge < -0.3 is 29.0 Å². The van der Waals surface area contributed by atoms with Crippen LogP contribution in [-0.4, -0.2) is 85.9 Å². The van der Waals surface area contributed by atoms with Crippen LogP contribution in [0.1, 0.15) is 26.3 Å². The maximum atomic E-state index is 13.4. The zero-order valence-electron chi connectivity index (χ0n) is 20.9. The van der Waals surface area contributed by atoms with Crippen LogP contribution in [0.3, 0.4) is 0 Å². The lowest BCUT2D eigenvalue weighted by atomic mass is 10.1. The van der Waals surface area contributed by atoms with E-state index in [1.54, 1.807) is 32.9 Å². The predicted octanol–water partition coefficient (Wildman–Crippen LogP) is 5.00. The van der Waals surface area contributed by atoms with Crippen molar-refractivity contribution in [2.24, 2.45) is 5.92 Å². The standard InChI is InChI=1S/C23H30F7NO7/c1-4-35-18(19(32)33)13-16-5-7-17(8-6-16)36-11-9-31(20(34)37-14-15(2)3)10-12-38-23(29,30)21(24,25)22(26,27)28/h5-8,15,18H,4,9-14H2,1-3H3,(H,32,33). The largest absolute Gasteiger partial charge is 0.492 e. The Bertz CT molecular complexity index is 880. The highest BCUT2D eigenvalue weighted by Gasteiger charge is 2.74. The summed E-state index contributed by atoms with van der Waals surface area (Å²) in [6, 6.07) is 6.17. The van der Waals surface area contributed by atoms with Crippen molar-refractivity contribution >= 4 is 12.1 Å². The Hall–Kier alpha value is -2.81. The van der Waals surface area contributed by atoms with E-state index in [0.717, 1.165) is 4.90 Å². The molecule has 1 unspecified atom stereocenters. The molecule has 8 nitrogen and oxygen atoms in total. The number of ether oxygens (including phenoxy) is 4. The Morgan fingerprint density at radius 1 is 0.974 bits per heavy atom. The summed E-state index contributed by atoms with van der Waals surface area (Å²) >= 11 is 0. The number of carbonyl (C=O) groups is 2. The molecule has 0 spiro atoms. The molecule has 0 aliphatic carbocycles. The maximum Gasteiger partial charge on any atom is 0.462 e. The molecule has 0 saturated carbocycles. The Morgan fingerprint density at radius 3 is 2.05 bits per heavy atom. The number of aliphatic carboxylic acids is 1. The highest BCUT2D eigenvalue weighted by Crippen LogP contribution is 2.46. The molecule has 0 bridgehead atoms. The summed E-state index contributed by atoms with van der Waals surface area (Å²) in [5.74, 6) is -7.38. The summed E-state index contributed by atoms with van der Waals surface area (Å²) in [6.45, 7) is 2.52. The molecule has 1 N–H and O–H groups in total. The molecular formula is C23H30F7NO7. The van der Waals surface area contributed by atoms with E-state index < -0.39 is 49.5 Å². The molecular weight excluding hydrogens is 535 g/mol. The number of benzene rings is 1. The summed E-state index contributed by atoms with van der Waals surface area (Å²) in [4.78, 5) is 24.2. The lowest BCUT2D eigenvalue weighted by Gasteiger charge is -2.29. The van der Waals surface area contributed by atoms with Gasteiger partial charge >= 0.3 is 30.3 Å². The third-order valence-electron chi connectivity index (χ3n) is 4.78. The summed E-state index contributed by atoms with van der Waals surface area (Å²) in [7, 11) is 0. The number of nitrogens with zero attached hydrogens (tertiary/aromatic N) is 1. The van der Waals surface area contributed by atoms with Crippen molar-refractivity contribution in [2.45, 2.75) is 51.5 Å². The van der Waals surface area contributed by atoms with Gasteiger partial charge in [0.05, 0.1) is 19.8 Å². The SMILES string of the molecule is CCOC(Cc1ccc(OCCN(CCOC(F)(F)C(F)(F)C(F)(F)F)C(=O)OCC(C)C)cc1)C(=O)O. The lowest BCUT2D eigenvalue weighted by molar-refractivity contribution is -0.423. The fraction of sp³-hybridized carbons (Fsp3) is 0.652. The van der Waals surface area contributed by atoms with Crippen LogP contribution in [0.4, 0.5) is 35.5 Å². The minimum absolute atomic E-state index is 0.0695. The van der Waals surface area contributed by atoms with E-state index in [1.165, 1.54) is 12.1 Å². The van der Waals surface area contributed by atoms with E-state index in [4.69, 9.17) is 19.3 Å². The highest BCUT2D eigenvalue weighted by molar-refractivity contribution is 5.72. The molecule has 1 amide bonds. The first-order valence-corrected chi connectivity index (χ1v) is 11.5. The molecule has 0 aliphatic rings. The monoisotopic (exact) mass is 565 g/mol. The van der Waals surface area contributed by atoms with Crippen molar-refractivity contribution in [1.82, 2.24) is 4.90 Å². The number of halogens is 7. The number of hydrogen-bond acceptors (Lipinski definition) is 6. The van der Waals surface area contributed by atoms with E-state index in [-0.39, 0.29) is 38.7 Å². The Labute approximate surface area is 214 Å². The van der Waals surface area contributed by atoms with Crippen LogP contribution >= 0.6 is 0 Å². The molecule has 0 aromatic heterocycles. The molecule has 0 saturated heterocycles. The third-order valence-corrected chi connectivity index (χ3v) is 4.78. The summed E-state index contributed by atoms with van der Waals surface area (Å²) in [6.07, 6.45) is -14.4. The van der Waals surface area contributed by atoms with Crippen molar-refractivity contribution in [3.8, 4) is 5.75 Å². The number of carbonyl (C=O) groups excluding carboxylic acids is 1. The van der Waals surface area contributed by atoms with Gasteiger partial charge in [-0.1, -0.05) is 26.0 Å². The van der Waals surface area contributed by atoms with Crippen LogP contribution in [-0.2, 0) is 25.4 Å². The van der Waals surface area contributed by atoms with Crippen LogP contribution in [0.25, 0.3) is 0 Å². The Morgan fingerprint density at radius 2 is 1.55 bits per heavy atom. The van der Waals surface area contributed by atoms with Gasteiger partial charge in [-0.2, -0.15) is 30.7 Å². The van der Waals surface area contributed by atoms with Crippen LogP contribution in [0, 0.1) is 5.92 Å². The van der Waals surface area contributed by atoms with Crippen LogP contribution in [0.15, 0.2) is 24.3 Å². The molecule has 0 radical (unpaired) electrons. The zero-order valence-corrected chi connectivity index (χ0v) is 20.9. The Balaban J connectivity index is 2.75. The number of carboxylic acid groups (broad SMARTS) is 1. The summed E-state index contributed by atoms with van der Waals surface area (Å²) in [5.41, 5.74) is 0.630. The normalized spacial score (nSPS) is 13.3. The van der Waals surface area contributed by atoms with Crippen molar-refractivity contribution in [3.63, 3.8) is 0 Å². The van der Waals surface area contributed by atoms with Gasteiger partial charge in [0.15, 0.2) is 6.10 Å². The van der Waals surface area contributed by atoms with E-state index in [9.17, 15) is 40.3 Å². The number of carboxylic acids is 1. The second-order valence-corrected chi connectivity index (χ2v) is 8.37. The molecule has 218 valence electrons. The minimum Gasteiger partial charge on any atom is -0.492 e. The fourth-order valence-electron chi connectivity index (χ4n) is 2.79. The van der Waals surface area contributed by atoms with E-state index in [2.05, 4.69) is 4.74 Å². The number of alkyl halides is 7. The molecule has 1 aromatic carbocycles. The first-order chi connectivity index (χ1) is 17.5. The molecule has 15 heteroatoms. The van der Waals surface area contributed by atoms with Crippen LogP contribution in [0.2, 0.25) is 0 Å². The first kappa shape index (κ1) is 33.2. The smallest absolute Gasteiger partial charge is 0.462 e. The van der Waals surface area contributed by atoms with Gasteiger partial charge in [0.2, 0.25) is 0 Å². The zero-order chi connectivity index (χ0) is 29.1. The van der Waals surface area contributed by atoms with Crippen LogP contribution in [0.5, 0.6) is 5.75 Å². The lowest BCUT2D eigenvalue weighted by Crippen LogP contribution is -2.54. The van der Waals surface area contributed by atoms with Crippen molar-refractivity contribution in [1.29, 1.82) is 0 Å². The van der Waals surface area contributed by atoms with Gasteiger partial charge in [-0.05, 0) is 30.5 Å². The quantitative estimate of drug-likeness (QED) is 0.282. The van der Waals surface area contributed by atoms with Gasteiger partial charge in [-0.15, -0.1) is 0 Å². The predicted molar refractivity (Wildman–Crippen MR) is 118 cm³/mol. The highest BCUT2D eigenvalue weighted by atomic mass is 19.4. The average Bonchev–Trinajstić information content (AvgIpc) is 2.81. The van der Waals surface area contributed by atoms with E-state index >= 15 is 0 Å². The molecule has 1 aromatic rings. The molecule has 38 heavy (non-hydrogen) atoms. The third kappa shape index (κ3) is 10.2. The molecule has 1 atom stereocenters. The Kier molecular flexibility index (Phi) is 12.6. The second-order valence-electron chi connectivity index (χ2n) is 8.37. The number of amides is 1. The van der Waals surface area contributed by atoms with Gasteiger partial charge in [0.25, 0.3) is 0 Å². The second kappa shape index (κ2) is 14.4. The average molecular weight is 565 g/mol. The first-order valence-electron chi connectivity index (χ1n) is 11.5. The maximum absolute atomic E-state index is 13.4. The van der Waals surface area contributed by atoms with Crippen molar-refractivity contribution in [2.75, 3.05) is 39.5 Å². The van der Waals surface area contributed by atoms with Gasteiger partial charge in [0.1, 0.15) is 12.4 Å². The topological polar surface area (TPSA) is 94.5 Å². The fourth-order valence-corrected chi connectivity index (χ4v) is 2.79. The molecule has 1 rings (SSSR count). The van der Waals surface area contributed by atoms with E-state index in [0.29, 0.717) is 11.3 Å². The van der Waals surface area contributed by atoms with Crippen molar-refractivity contribution < 1.29 is 64.4 Å². The van der Waals surface area contributed by atoms with Crippen molar-refractivity contribution in [3.05, 3.63) is 29.8 Å². The molecule has 0 fully saturated rings. The van der Waals surface area contributed by atoms with Crippen LogP contribution < -0.4 is 4.74 Å². The number of hydrogen-bond donors (Lipinski definition) is 1. The summed E-state index contributed by atoms with van der Waals surface area (Å²) in [5, 5.41) is 9.15. The van der Waals surface area contributed by atoms with Gasteiger partial charge in [-0.3, -0.25) is 0 Å². The number of rotatable bonds is 16. The van der Waals surface area contributed by atoms with E-state index in [1.807, 2.05) is 0 Å². The van der Waals surface area contributed by atoms with Gasteiger partial charge in [0, 0.05) is 19.6 Å². The van der Waals surface area contributed by atoms with Gasteiger partial charge in [-0.25, -0.2) is 9.59 Å². The molecule has 0 heterocycles. The summed E-state index contributed by atoms with van der Waals surface area (Å²) < 4.78 is 109. The molecule has 0 aliphatic heterocycles.